The smallest absolute Gasteiger partial charge is 0.242 e. The molecule has 1 N–H and O–H groups in total. The standard InChI is InChI=1S/C24H28N4O3S2/c1-16-11-17(2)13-20(12-16)25-23(29)22(19-7-5-4-6-8-19)32-24-27-26-21(28(24)3)14-18-9-10-33(30,31)15-18/h4-8,11-13,18,22H,9-10,14-15H2,1-3H3,(H,25,29)/t18-,22+/m1/s1. The van der Waals surface area contributed by atoms with Crippen molar-refractivity contribution in [2.45, 2.75) is 37.1 Å². The van der Waals surface area contributed by atoms with Crippen molar-refractivity contribution < 1.29 is 13.2 Å². The number of anilines is 1. The molecule has 1 amide bonds. The first-order valence-corrected chi connectivity index (χ1v) is 13.6. The zero-order valence-electron chi connectivity index (χ0n) is 19.0. The van der Waals surface area contributed by atoms with Crippen LogP contribution in [0.25, 0.3) is 0 Å². The number of benzene rings is 2. The van der Waals surface area contributed by atoms with Crippen molar-refractivity contribution in [1.29, 1.82) is 0 Å². The summed E-state index contributed by atoms with van der Waals surface area (Å²) in [5.41, 5.74) is 3.80. The fraction of sp³-hybridized carbons (Fsp3) is 0.375. The Labute approximate surface area is 198 Å². The summed E-state index contributed by atoms with van der Waals surface area (Å²) in [5, 5.41) is 11.8. The van der Waals surface area contributed by atoms with E-state index in [4.69, 9.17) is 0 Å². The number of nitrogens with zero attached hydrogens (tertiary/aromatic N) is 3. The van der Waals surface area contributed by atoms with Gasteiger partial charge >= 0.3 is 0 Å². The molecule has 7 nitrogen and oxygen atoms in total. The third-order valence-electron chi connectivity index (χ3n) is 5.78. The minimum atomic E-state index is -2.94. The van der Waals surface area contributed by atoms with E-state index in [0.717, 1.165) is 28.2 Å². The van der Waals surface area contributed by atoms with Crippen LogP contribution in [0.3, 0.4) is 0 Å². The van der Waals surface area contributed by atoms with E-state index >= 15 is 0 Å². The molecule has 1 fully saturated rings. The Morgan fingerprint density at radius 2 is 1.85 bits per heavy atom. The van der Waals surface area contributed by atoms with Gasteiger partial charge in [-0.2, -0.15) is 0 Å². The first kappa shape index (κ1) is 23.5. The Kier molecular flexibility index (Phi) is 6.90. The zero-order chi connectivity index (χ0) is 23.6. The molecule has 0 radical (unpaired) electrons. The number of aromatic nitrogens is 3. The highest BCUT2D eigenvalue weighted by Crippen LogP contribution is 2.36. The fourth-order valence-corrected chi connectivity index (χ4v) is 7.06. The second kappa shape index (κ2) is 9.69. The van der Waals surface area contributed by atoms with Crippen LogP contribution in [0.5, 0.6) is 0 Å². The summed E-state index contributed by atoms with van der Waals surface area (Å²) < 4.78 is 25.5. The Hall–Kier alpha value is -2.65. The maximum absolute atomic E-state index is 13.4. The summed E-state index contributed by atoms with van der Waals surface area (Å²) in [5.74, 6) is 1.11. The van der Waals surface area contributed by atoms with E-state index in [0.29, 0.717) is 18.0 Å². The van der Waals surface area contributed by atoms with E-state index < -0.39 is 15.1 Å². The molecule has 2 heterocycles. The molecule has 2 atom stereocenters. The van der Waals surface area contributed by atoms with E-state index in [1.807, 2.05) is 67.9 Å². The van der Waals surface area contributed by atoms with Gasteiger partial charge in [0.1, 0.15) is 11.1 Å². The maximum atomic E-state index is 13.4. The lowest BCUT2D eigenvalue weighted by atomic mass is 10.1. The fourth-order valence-electron chi connectivity index (χ4n) is 4.18. The molecule has 3 aromatic rings. The van der Waals surface area contributed by atoms with Gasteiger partial charge in [0.15, 0.2) is 15.0 Å². The third kappa shape index (κ3) is 5.83. The summed E-state index contributed by atoms with van der Waals surface area (Å²) in [6, 6.07) is 15.6. The first-order valence-electron chi connectivity index (χ1n) is 10.9. The average Bonchev–Trinajstić information content (AvgIpc) is 3.27. The molecule has 0 bridgehead atoms. The largest absolute Gasteiger partial charge is 0.325 e. The van der Waals surface area contributed by atoms with E-state index in [1.165, 1.54) is 11.8 Å². The first-order chi connectivity index (χ1) is 15.7. The predicted octanol–water partition coefficient (Wildman–Crippen LogP) is 3.88. The highest BCUT2D eigenvalue weighted by molar-refractivity contribution is 8.00. The van der Waals surface area contributed by atoms with E-state index in [9.17, 15) is 13.2 Å². The molecule has 0 aliphatic carbocycles. The molecule has 2 aromatic carbocycles. The van der Waals surface area contributed by atoms with Gasteiger partial charge in [-0.25, -0.2) is 8.42 Å². The van der Waals surface area contributed by atoms with Crippen molar-refractivity contribution in [3.63, 3.8) is 0 Å². The summed E-state index contributed by atoms with van der Waals surface area (Å²) in [4.78, 5) is 13.4. The van der Waals surface area contributed by atoms with Crippen molar-refractivity contribution >= 4 is 33.2 Å². The number of carbonyl (C=O) groups excluding carboxylic acids is 1. The topological polar surface area (TPSA) is 94.0 Å². The van der Waals surface area contributed by atoms with Gasteiger partial charge in [0.05, 0.1) is 11.5 Å². The van der Waals surface area contributed by atoms with Crippen molar-refractivity contribution in [1.82, 2.24) is 14.8 Å². The van der Waals surface area contributed by atoms with Crippen LogP contribution >= 0.6 is 11.8 Å². The van der Waals surface area contributed by atoms with Crippen LogP contribution < -0.4 is 5.32 Å². The molecule has 9 heteroatoms. The van der Waals surface area contributed by atoms with Gasteiger partial charge < -0.3 is 9.88 Å². The molecule has 1 aliphatic rings. The molecule has 174 valence electrons. The van der Waals surface area contributed by atoms with E-state index in [-0.39, 0.29) is 23.3 Å². The zero-order valence-corrected chi connectivity index (χ0v) is 20.6. The number of thioether (sulfide) groups is 1. The lowest BCUT2D eigenvalue weighted by Gasteiger charge is -2.17. The molecule has 0 unspecified atom stereocenters. The lowest BCUT2D eigenvalue weighted by molar-refractivity contribution is -0.115. The van der Waals surface area contributed by atoms with Gasteiger partial charge in [0.25, 0.3) is 0 Å². The molecule has 0 saturated carbocycles. The predicted molar refractivity (Wildman–Crippen MR) is 131 cm³/mol. The lowest BCUT2D eigenvalue weighted by Crippen LogP contribution is -2.19. The van der Waals surface area contributed by atoms with Crippen LogP contribution in [0.2, 0.25) is 0 Å². The van der Waals surface area contributed by atoms with Gasteiger partial charge in [-0.05, 0) is 55.0 Å². The number of aryl methyl sites for hydroxylation is 2. The molecule has 0 spiro atoms. The van der Waals surface area contributed by atoms with Crippen molar-refractivity contribution in [2.24, 2.45) is 13.0 Å². The molecule has 1 saturated heterocycles. The number of amides is 1. The Balaban J connectivity index is 1.55. The van der Waals surface area contributed by atoms with Gasteiger partial charge in [-0.3, -0.25) is 4.79 Å². The van der Waals surface area contributed by atoms with Gasteiger partial charge in [0, 0.05) is 19.2 Å². The highest BCUT2D eigenvalue weighted by atomic mass is 32.2. The molecule has 1 aliphatic heterocycles. The summed E-state index contributed by atoms with van der Waals surface area (Å²) in [7, 11) is -1.07. The Morgan fingerprint density at radius 3 is 2.48 bits per heavy atom. The molecule has 33 heavy (non-hydrogen) atoms. The van der Waals surface area contributed by atoms with Crippen LogP contribution in [0, 0.1) is 19.8 Å². The SMILES string of the molecule is Cc1cc(C)cc(NC(=O)[C@@H](Sc2nnc(C[C@H]3CCS(=O)(=O)C3)n2C)c2ccccc2)c1. The van der Waals surface area contributed by atoms with Crippen LogP contribution in [-0.4, -0.2) is 40.6 Å². The Bertz CT molecular complexity index is 1240. The van der Waals surface area contributed by atoms with Crippen LogP contribution in [0.4, 0.5) is 5.69 Å². The number of sulfone groups is 1. The van der Waals surface area contributed by atoms with E-state index in [2.05, 4.69) is 21.6 Å². The maximum Gasteiger partial charge on any atom is 0.242 e. The highest BCUT2D eigenvalue weighted by Gasteiger charge is 2.30. The molecular formula is C24H28N4O3S2. The van der Waals surface area contributed by atoms with Crippen LogP contribution in [-0.2, 0) is 28.1 Å². The number of hydrogen-bond acceptors (Lipinski definition) is 6. The number of rotatable bonds is 7. The monoisotopic (exact) mass is 484 g/mol. The minimum absolute atomic E-state index is 0.0635. The molecule has 4 rings (SSSR count). The van der Waals surface area contributed by atoms with Crippen molar-refractivity contribution in [2.75, 3.05) is 16.8 Å². The summed E-state index contributed by atoms with van der Waals surface area (Å²) >= 11 is 1.34. The van der Waals surface area contributed by atoms with Crippen molar-refractivity contribution in [3.05, 3.63) is 71.0 Å². The summed E-state index contributed by atoms with van der Waals surface area (Å²) in [6.45, 7) is 4.01. The second-order valence-corrected chi connectivity index (χ2v) is 12.0. The quantitative estimate of drug-likeness (QED) is 0.512. The summed E-state index contributed by atoms with van der Waals surface area (Å²) in [6.07, 6.45) is 1.22. The molecular weight excluding hydrogens is 456 g/mol. The van der Waals surface area contributed by atoms with Crippen LogP contribution in [0.1, 0.15) is 34.2 Å². The number of nitrogens with one attached hydrogen (secondary N) is 1. The average molecular weight is 485 g/mol. The third-order valence-corrected chi connectivity index (χ3v) is 8.90. The van der Waals surface area contributed by atoms with Gasteiger partial charge in [0.2, 0.25) is 5.91 Å². The van der Waals surface area contributed by atoms with Gasteiger partial charge in [-0.1, -0.05) is 48.2 Å². The second-order valence-electron chi connectivity index (χ2n) is 8.71. The molecule has 1 aromatic heterocycles. The minimum Gasteiger partial charge on any atom is -0.325 e. The number of hydrogen-bond donors (Lipinski definition) is 1. The van der Waals surface area contributed by atoms with Crippen molar-refractivity contribution in [3.8, 4) is 0 Å². The normalized spacial score (nSPS) is 18.2. The van der Waals surface area contributed by atoms with E-state index in [1.54, 1.807) is 0 Å². The van der Waals surface area contributed by atoms with Crippen LogP contribution in [0.15, 0.2) is 53.7 Å². The Morgan fingerprint density at radius 1 is 1.15 bits per heavy atom. The van der Waals surface area contributed by atoms with Gasteiger partial charge in [-0.15, -0.1) is 10.2 Å². The number of carbonyl (C=O) groups is 1.